The fraction of sp³-hybridized carbons (Fsp3) is 0.448. The van der Waals surface area contributed by atoms with Gasteiger partial charge in [-0.05, 0) is 35.7 Å². The van der Waals surface area contributed by atoms with Crippen LogP contribution in [0.25, 0.3) is 0 Å². The second-order valence-corrected chi connectivity index (χ2v) is 15.6. The van der Waals surface area contributed by atoms with Crippen LogP contribution in [0.5, 0.6) is 0 Å². The van der Waals surface area contributed by atoms with E-state index >= 15 is 0 Å². The molecule has 0 fully saturated rings. The molecule has 0 aliphatic carbocycles. The maximum Gasteiger partial charge on any atom is 0.313 e. The van der Waals surface area contributed by atoms with Crippen molar-refractivity contribution >= 4 is 20.2 Å². The van der Waals surface area contributed by atoms with Crippen LogP contribution < -0.4 is 0 Å². The fourth-order valence-corrected chi connectivity index (χ4v) is 5.59. The van der Waals surface area contributed by atoms with Gasteiger partial charge in [0.05, 0.1) is 25.0 Å². The van der Waals surface area contributed by atoms with Gasteiger partial charge in [0.15, 0.2) is 8.32 Å². The van der Waals surface area contributed by atoms with Gasteiger partial charge in [0.2, 0.25) is 5.91 Å². The van der Waals surface area contributed by atoms with Crippen molar-refractivity contribution in [2.24, 2.45) is 5.92 Å². The van der Waals surface area contributed by atoms with Gasteiger partial charge in [-0.15, -0.1) is 0 Å². The number of carbonyl (C=O) groups is 2. The summed E-state index contributed by atoms with van der Waals surface area (Å²) in [5, 5.41) is 0.0462. The topological polar surface area (TPSA) is 55.8 Å². The van der Waals surface area contributed by atoms with Gasteiger partial charge in [0.1, 0.15) is 0 Å². The lowest BCUT2D eigenvalue weighted by Gasteiger charge is -2.40. The first-order valence-corrected chi connectivity index (χ1v) is 15.2. The first-order valence-electron chi connectivity index (χ1n) is 12.3. The normalized spacial score (nSPS) is 22.6. The summed E-state index contributed by atoms with van der Waals surface area (Å²) in [6.45, 7) is 12.0. The summed E-state index contributed by atoms with van der Waals surface area (Å²) < 4.78 is 11.9. The zero-order chi connectivity index (χ0) is 25.6. The van der Waals surface area contributed by atoms with E-state index in [2.05, 4.69) is 33.9 Å². The molecule has 5 nitrogen and oxygen atoms in total. The largest absolute Gasteiger partial charge is 0.469 e. The van der Waals surface area contributed by atoms with Gasteiger partial charge < -0.3 is 14.1 Å². The highest BCUT2D eigenvalue weighted by Crippen LogP contribution is 2.38. The molecule has 1 aliphatic heterocycles. The molecule has 35 heavy (non-hydrogen) atoms. The lowest BCUT2D eigenvalue weighted by atomic mass is 9.84. The van der Waals surface area contributed by atoms with Crippen LogP contribution >= 0.6 is 0 Å². The van der Waals surface area contributed by atoms with Crippen molar-refractivity contribution < 1.29 is 18.8 Å². The zero-order valence-electron chi connectivity index (χ0n) is 21.9. The highest BCUT2D eigenvalue weighted by Gasteiger charge is 2.42. The summed E-state index contributed by atoms with van der Waals surface area (Å²) in [5.41, 5.74) is 1.85. The van der Waals surface area contributed by atoms with E-state index in [-0.39, 0.29) is 17.0 Å². The molecule has 0 aromatic heterocycles. The molecule has 0 bridgehead atoms. The van der Waals surface area contributed by atoms with E-state index in [1.54, 1.807) is 0 Å². The Morgan fingerprint density at radius 1 is 1.03 bits per heavy atom. The highest BCUT2D eigenvalue weighted by atomic mass is 28.4. The van der Waals surface area contributed by atoms with Gasteiger partial charge in [0.25, 0.3) is 0 Å². The SMILES string of the molecule is COC(=O)[C@@H]1/C=C/C[C@@H](O[Si](C)(C)C(C)(C)C)CN(Cc2ccccc2)C(=O)[C@@H]1c1ccccc1. The number of benzene rings is 2. The van der Waals surface area contributed by atoms with Gasteiger partial charge in [0, 0.05) is 13.1 Å². The molecular formula is C29H39NO4Si. The van der Waals surface area contributed by atoms with Crippen molar-refractivity contribution in [3.8, 4) is 0 Å². The van der Waals surface area contributed by atoms with Crippen molar-refractivity contribution in [3.63, 3.8) is 0 Å². The predicted molar refractivity (Wildman–Crippen MR) is 142 cm³/mol. The highest BCUT2D eigenvalue weighted by molar-refractivity contribution is 6.74. The first kappa shape index (κ1) is 26.9. The Labute approximate surface area is 211 Å². The molecule has 0 spiro atoms. The number of amides is 1. The summed E-state index contributed by atoms with van der Waals surface area (Å²) in [4.78, 5) is 29.0. The van der Waals surface area contributed by atoms with Crippen molar-refractivity contribution in [1.29, 1.82) is 0 Å². The molecule has 2 aromatic carbocycles. The van der Waals surface area contributed by atoms with Crippen LogP contribution in [-0.4, -0.2) is 44.9 Å². The molecule has 3 atom stereocenters. The number of methoxy groups -OCH3 is 1. The summed E-state index contributed by atoms with van der Waals surface area (Å²) in [5.74, 6) is -1.88. The van der Waals surface area contributed by atoms with Crippen molar-refractivity contribution in [3.05, 3.63) is 83.9 Å². The van der Waals surface area contributed by atoms with Crippen LogP contribution in [0.2, 0.25) is 18.1 Å². The number of ether oxygens (including phenoxy) is 1. The molecule has 1 heterocycles. The Morgan fingerprint density at radius 2 is 1.63 bits per heavy atom. The van der Waals surface area contributed by atoms with Crippen LogP contribution in [0.4, 0.5) is 0 Å². The Hall–Kier alpha value is -2.70. The van der Waals surface area contributed by atoms with Crippen LogP contribution in [-0.2, 0) is 25.3 Å². The molecule has 0 saturated carbocycles. The van der Waals surface area contributed by atoms with Crippen LogP contribution in [0, 0.1) is 5.92 Å². The molecule has 6 heteroatoms. The monoisotopic (exact) mass is 493 g/mol. The molecule has 1 aliphatic rings. The minimum Gasteiger partial charge on any atom is -0.469 e. The Morgan fingerprint density at radius 3 is 2.20 bits per heavy atom. The molecular weight excluding hydrogens is 454 g/mol. The van der Waals surface area contributed by atoms with E-state index in [0.717, 1.165) is 11.1 Å². The number of esters is 1. The average Bonchev–Trinajstić information content (AvgIpc) is 2.88. The molecule has 2 aromatic rings. The van der Waals surface area contributed by atoms with Crippen LogP contribution in [0.3, 0.4) is 0 Å². The number of nitrogens with zero attached hydrogens (tertiary/aromatic N) is 1. The number of hydrogen-bond acceptors (Lipinski definition) is 4. The van der Waals surface area contributed by atoms with E-state index in [1.807, 2.05) is 77.7 Å². The molecule has 0 unspecified atom stereocenters. The lowest BCUT2D eigenvalue weighted by molar-refractivity contribution is -0.148. The number of hydrogen-bond donors (Lipinski definition) is 0. The molecule has 0 radical (unpaired) electrons. The number of carbonyl (C=O) groups excluding carboxylic acids is 2. The Kier molecular flexibility index (Phi) is 8.73. The van der Waals surface area contributed by atoms with E-state index in [1.165, 1.54) is 7.11 Å². The van der Waals surface area contributed by atoms with E-state index in [4.69, 9.17) is 9.16 Å². The van der Waals surface area contributed by atoms with Crippen molar-refractivity contribution in [2.75, 3.05) is 13.7 Å². The molecule has 1 amide bonds. The quantitative estimate of drug-likeness (QED) is 0.284. The third-order valence-electron chi connectivity index (χ3n) is 7.22. The van der Waals surface area contributed by atoms with Crippen molar-refractivity contribution in [1.82, 2.24) is 4.90 Å². The summed E-state index contributed by atoms with van der Waals surface area (Å²) in [6, 6.07) is 19.5. The number of rotatable bonds is 6. The summed E-state index contributed by atoms with van der Waals surface area (Å²) in [7, 11) is -0.706. The minimum absolute atomic E-state index is 0.0462. The molecule has 188 valence electrons. The van der Waals surface area contributed by atoms with Gasteiger partial charge in [-0.1, -0.05) is 93.6 Å². The van der Waals surface area contributed by atoms with Gasteiger partial charge in [-0.25, -0.2) is 0 Å². The Bertz CT molecular complexity index is 1010. The Balaban J connectivity index is 2.05. The first-order chi connectivity index (χ1) is 16.5. The molecule has 0 saturated heterocycles. The third-order valence-corrected chi connectivity index (χ3v) is 11.8. The third kappa shape index (κ3) is 6.70. The molecule has 3 rings (SSSR count). The smallest absolute Gasteiger partial charge is 0.313 e. The zero-order valence-corrected chi connectivity index (χ0v) is 22.9. The van der Waals surface area contributed by atoms with Gasteiger partial charge in [-0.3, -0.25) is 9.59 Å². The summed E-state index contributed by atoms with van der Waals surface area (Å²) in [6.07, 6.45) is 4.30. The van der Waals surface area contributed by atoms with Crippen LogP contribution in [0.1, 0.15) is 44.2 Å². The van der Waals surface area contributed by atoms with E-state index in [9.17, 15) is 9.59 Å². The molecule has 0 N–H and O–H groups in total. The maximum absolute atomic E-state index is 14.2. The predicted octanol–water partition coefficient (Wildman–Crippen LogP) is 5.94. The fourth-order valence-electron chi connectivity index (χ4n) is 4.23. The lowest BCUT2D eigenvalue weighted by Crippen LogP contribution is -2.48. The van der Waals surface area contributed by atoms with Gasteiger partial charge in [-0.2, -0.15) is 0 Å². The average molecular weight is 494 g/mol. The second-order valence-electron chi connectivity index (χ2n) is 10.8. The van der Waals surface area contributed by atoms with E-state index < -0.39 is 26.1 Å². The standard InChI is InChI=1S/C29H39NO4Si/c1-29(2,3)35(5,6)34-24-18-13-19-25(28(32)33-4)26(23-16-11-8-12-17-23)27(31)30(21-24)20-22-14-9-7-10-15-22/h7-17,19,24-26H,18,20-21H2,1-6H3/b19-13+/t24-,25-,26-/m1/s1. The maximum atomic E-state index is 14.2. The minimum atomic E-state index is -2.08. The van der Waals surface area contributed by atoms with Gasteiger partial charge >= 0.3 is 5.97 Å². The summed E-state index contributed by atoms with van der Waals surface area (Å²) >= 11 is 0. The van der Waals surface area contributed by atoms with Crippen LogP contribution in [0.15, 0.2) is 72.8 Å². The second kappa shape index (κ2) is 11.4. The van der Waals surface area contributed by atoms with E-state index in [0.29, 0.717) is 19.5 Å². The van der Waals surface area contributed by atoms with Crippen molar-refractivity contribution in [2.45, 2.75) is 63.9 Å².